The number of hydrogen-bond acceptors (Lipinski definition) is 6. The highest BCUT2D eigenvalue weighted by atomic mass is 16.6. The van der Waals surface area contributed by atoms with Gasteiger partial charge < -0.3 is 36.2 Å². The zero-order valence-electron chi connectivity index (χ0n) is 24.0. The van der Waals surface area contributed by atoms with E-state index in [1.54, 1.807) is 20.8 Å². The quantitative estimate of drug-likeness (QED) is 0.244. The molecule has 2 aromatic rings. The van der Waals surface area contributed by atoms with Crippen LogP contribution in [0.1, 0.15) is 52.7 Å². The van der Waals surface area contributed by atoms with E-state index in [2.05, 4.69) is 21.3 Å². The molecule has 0 saturated carbocycles. The molecule has 0 aliphatic heterocycles. The normalized spacial score (nSPS) is 15.0. The van der Waals surface area contributed by atoms with Crippen LogP contribution < -0.4 is 21.3 Å². The molecule has 0 saturated heterocycles. The molecule has 0 aliphatic carbocycles. The largest absolute Gasteiger partial charge is 0.444 e. The second-order valence-electron chi connectivity index (χ2n) is 11.9. The molecule has 9 nitrogen and oxygen atoms in total. The van der Waals surface area contributed by atoms with E-state index in [1.165, 1.54) is 0 Å². The molecule has 2 aromatic carbocycles. The molecule has 4 atom stereocenters. The molecule has 6 N–H and O–H groups in total. The molecule has 0 radical (unpaired) electrons. The van der Waals surface area contributed by atoms with Crippen molar-refractivity contribution in [3.05, 3.63) is 71.8 Å². The zero-order chi connectivity index (χ0) is 29.1. The minimum absolute atomic E-state index is 0.108. The van der Waals surface area contributed by atoms with Gasteiger partial charge in [-0.15, -0.1) is 0 Å². The third-order valence-corrected chi connectivity index (χ3v) is 5.74. The summed E-state index contributed by atoms with van der Waals surface area (Å²) in [4.78, 5) is 25.0. The van der Waals surface area contributed by atoms with Crippen LogP contribution in [0.4, 0.5) is 9.59 Å². The monoisotopic (exact) mass is 542 g/mol. The maximum absolute atomic E-state index is 12.6. The smallest absolute Gasteiger partial charge is 0.407 e. The SMILES string of the molecule is CC(C)(C)NC(=O)N[C@@H](Cc1ccccc1)[C@H](O)CNC[C@@H](O)[C@H](Cc1ccccc1)NC(=O)OC(C)(C)C. The Morgan fingerprint density at radius 1 is 0.744 bits per heavy atom. The number of nitrogens with one attached hydrogen (secondary N) is 4. The summed E-state index contributed by atoms with van der Waals surface area (Å²) in [6.07, 6.45) is -1.68. The molecule has 9 heteroatoms. The average molecular weight is 543 g/mol. The van der Waals surface area contributed by atoms with Crippen molar-refractivity contribution in [3.63, 3.8) is 0 Å². The summed E-state index contributed by atoms with van der Waals surface area (Å²) in [5.74, 6) is 0. The summed E-state index contributed by atoms with van der Waals surface area (Å²) in [5, 5.41) is 33.6. The number of carbonyl (C=O) groups excluding carboxylic acids is 2. The van der Waals surface area contributed by atoms with Crippen molar-refractivity contribution in [2.24, 2.45) is 0 Å². The van der Waals surface area contributed by atoms with Crippen molar-refractivity contribution < 1.29 is 24.5 Å². The van der Waals surface area contributed by atoms with Gasteiger partial charge >= 0.3 is 12.1 Å². The maximum Gasteiger partial charge on any atom is 0.407 e. The fraction of sp³-hybridized carbons (Fsp3) is 0.533. The molecule has 0 aliphatic rings. The highest BCUT2D eigenvalue weighted by Gasteiger charge is 2.27. The minimum Gasteiger partial charge on any atom is -0.444 e. The van der Waals surface area contributed by atoms with E-state index < -0.39 is 41.5 Å². The fourth-order valence-electron chi connectivity index (χ4n) is 3.97. The van der Waals surface area contributed by atoms with Gasteiger partial charge in [0.2, 0.25) is 0 Å². The number of rotatable bonds is 12. The van der Waals surface area contributed by atoms with Gasteiger partial charge in [-0.2, -0.15) is 0 Å². The zero-order valence-corrected chi connectivity index (χ0v) is 24.0. The summed E-state index contributed by atoms with van der Waals surface area (Å²) in [7, 11) is 0. The summed E-state index contributed by atoms with van der Waals surface area (Å²) in [5.41, 5.74) is 0.829. The first-order valence-corrected chi connectivity index (χ1v) is 13.4. The lowest BCUT2D eigenvalue weighted by atomic mass is 10.00. The number of benzene rings is 2. The molecule has 3 amide bonds. The van der Waals surface area contributed by atoms with Crippen LogP contribution in [0.5, 0.6) is 0 Å². The van der Waals surface area contributed by atoms with Crippen LogP contribution in [0.25, 0.3) is 0 Å². The fourth-order valence-corrected chi connectivity index (χ4v) is 3.97. The van der Waals surface area contributed by atoms with Gasteiger partial charge in [0.25, 0.3) is 0 Å². The van der Waals surface area contributed by atoms with Crippen LogP contribution >= 0.6 is 0 Å². The molecule has 0 aromatic heterocycles. The molecular formula is C30H46N4O5. The molecule has 0 spiro atoms. The van der Waals surface area contributed by atoms with Gasteiger partial charge in [-0.05, 0) is 65.5 Å². The number of aliphatic hydroxyl groups excluding tert-OH is 2. The lowest BCUT2D eigenvalue weighted by Crippen LogP contribution is -2.55. The Labute approximate surface area is 232 Å². The van der Waals surface area contributed by atoms with Gasteiger partial charge in [0, 0.05) is 18.6 Å². The Bertz CT molecular complexity index is 924. The third-order valence-electron chi connectivity index (χ3n) is 5.74. The van der Waals surface area contributed by atoms with Crippen molar-refractivity contribution in [1.29, 1.82) is 0 Å². The Balaban J connectivity index is 2.03. The van der Waals surface area contributed by atoms with E-state index in [0.717, 1.165) is 11.1 Å². The van der Waals surface area contributed by atoms with E-state index >= 15 is 0 Å². The van der Waals surface area contributed by atoms with E-state index in [9.17, 15) is 19.8 Å². The summed E-state index contributed by atoms with van der Waals surface area (Å²) in [6.45, 7) is 11.2. The van der Waals surface area contributed by atoms with Crippen molar-refractivity contribution in [3.8, 4) is 0 Å². The maximum atomic E-state index is 12.6. The predicted molar refractivity (Wildman–Crippen MR) is 154 cm³/mol. The van der Waals surface area contributed by atoms with E-state index in [4.69, 9.17) is 4.74 Å². The lowest BCUT2D eigenvalue weighted by molar-refractivity contribution is 0.0416. The molecule has 0 unspecified atom stereocenters. The van der Waals surface area contributed by atoms with E-state index in [0.29, 0.717) is 12.8 Å². The first kappa shape index (κ1) is 32.1. The van der Waals surface area contributed by atoms with Gasteiger partial charge in [0.15, 0.2) is 0 Å². The Kier molecular flexibility index (Phi) is 12.2. The Hall–Kier alpha value is -3.14. The molecule has 0 fully saturated rings. The minimum atomic E-state index is -0.963. The number of carbonyl (C=O) groups is 2. The van der Waals surface area contributed by atoms with Crippen LogP contribution in [-0.2, 0) is 17.6 Å². The highest BCUT2D eigenvalue weighted by Crippen LogP contribution is 2.11. The second kappa shape index (κ2) is 14.9. The van der Waals surface area contributed by atoms with Gasteiger partial charge in [0.1, 0.15) is 5.60 Å². The van der Waals surface area contributed by atoms with E-state index in [1.807, 2.05) is 81.4 Å². The standard InChI is InChI=1S/C30H46N4O5/c1-29(2,3)34-27(37)32-23(17-21-13-9-7-10-14-21)25(35)19-31-20-26(36)24(18-22-15-11-8-12-16-22)33-28(38)39-30(4,5)6/h7-16,23-26,31,35-36H,17-20H2,1-6H3,(H,33,38)(H2,32,34,37)/t23-,24-,25+,26+/m0/s1. The summed E-state index contributed by atoms with van der Waals surface area (Å²) >= 11 is 0. The van der Waals surface area contributed by atoms with Crippen LogP contribution in [0.15, 0.2) is 60.7 Å². The average Bonchev–Trinajstić information content (AvgIpc) is 2.82. The molecule has 216 valence electrons. The van der Waals surface area contributed by atoms with Crippen LogP contribution in [0, 0.1) is 0 Å². The number of amides is 3. The molecule has 2 rings (SSSR count). The topological polar surface area (TPSA) is 132 Å². The van der Waals surface area contributed by atoms with Gasteiger partial charge in [0.05, 0.1) is 24.3 Å². The van der Waals surface area contributed by atoms with Crippen LogP contribution in [-0.4, -0.2) is 70.9 Å². The molecule has 39 heavy (non-hydrogen) atoms. The predicted octanol–water partition coefficient (Wildman–Crippen LogP) is 3.14. The number of alkyl carbamates (subject to hydrolysis) is 1. The summed E-state index contributed by atoms with van der Waals surface area (Å²) < 4.78 is 5.39. The highest BCUT2D eigenvalue weighted by molar-refractivity contribution is 5.75. The van der Waals surface area contributed by atoms with Crippen molar-refractivity contribution in [1.82, 2.24) is 21.3 Å². The van der Waals surface area contributed by atoms with Gasteiger partial charge in [-0.3, -0.25) is 0 Å². The lowest BCUT2D eigenvalue weighted by Gasteiger charge is -2.29. The van der Waals surface area contributed by atoms with Crippen LogP contribution in [0.3, 0.4) is 0 Å². The summed E-state index contributed by atoms with van der Waals surface area (Å²) in [6, 6.07) is 17.6. The molecular weight excluding hydrogens is 496 g/mol. The molecule has 0 bridgehead atoms. The van der Waals surface area contributed by atoms with Crippen LogP contribution in [0.2, 0.25) is 0 Å². The Morgan fingerprint density at radius 3 is 1.59 bits per heavy atom. The third kappa shape index (κ3) is 13.5. The first-order valence-electron chi connectivity index (χ1n) is 13.4. The van der Waals surface area contributed by atoms with Crippen molar-refractivity contribution in [2.45, 2.75) is 89.8 Å². The van der Waals surface area contributed by atoms with Crippen molar-refractivity contribution in [2.75, 3.05) is 13.1 Å². The molecule has 0 heterocycles. The Morgan fingerprint density at radius 2 is 1.18 bits per heavy atom. The number of hydrogen-bond donors (Lipinski definition) is 6. The van der Waals surface area contributed by atoms with Gasteiger partial charge in [-0.25, -0.2) is 9.59 Å². The number of ether oxygens (including phenoxy) is 1. The van der Waals surface area contributed by atoms with Crippen molar-refractivity contribution >= 4 is 12.1 Å². The number of aliphatic hydroxyl groups is 2. The number of urea groups is 1. The van der Waals surface area contributed by atoms with Gasteiger partial charge in [-0.1, -0.05) is 60.7 Å². The second-order valence-corrected chi connectivity index (χ2v) is 11.9. The first-order chi connectivity index (χ1) is 18.2. The van der Waals surface area contributed by atoms with E-state index in [-0.39, 0.29) is 19.1 Å².